The maximum atomic E-state index is 12.1. The molecule has 2 rings (SSSR count). The zero-order valence-electron chi connectivity index (χ0n) is 11.0. The van der Waals surface area contributed by atoms with Gasteiger partial charge in [-0.2, -0.15) is 0 Å². The number of benzene rings is 1. The number of hydrogen-bond donors (Lipinski definition) is 2. The number of amides is 1. The first-order valence-electron chi connectivity index (χ1n) is 5.81. The molecule has 0 bridgehead atoms. The van der Waals surface area contributed by atoms with E-state index >= 15 is 0 Å². The molecule has 20 heavy (non-hydrogen) atoms. The van der Waals surface area contributed by atoms with Crippen LogP contribution in [0.4, 0.5) is 5.82 Å². The van der Waals surface area contributed by atoms with Crippen molar-refractivity contribution in [1.82, 2.24) is 4.98 Å². The Balaban J connectivity index is 2.21. The summed E-state index contributed by atoms with van der Waals surface area (Å²) in [6.07, 6.45) is 1.61. The van der Waals surface area contributed by atoms with Gasteiger partial charge in [0.15, 0.2) is 0 Å². The summed E-state index contributed by atoms with van der Waals surface area (Å²) < 4.78 is 5.83. The highest BCUT2D eigenvalue weighted by molar-refractivity contribution is 9.10. The summed E-state index contributed by atoms with van der Waals surface area (Å²) in [7, 11) is 1.49. The fourth-order valence-electron chi connectivity index (χ4n) is 1.62. The van der Waals surface area contributed by atoms with Gasteiger partial charge in [0.05, 0.1) is 12.7 Å². The highest BCUT2D eigenvalue weighted by Crippen LogP contribution is 2.24. The number of rotatable bonds is 3. The van der Waals surface area contributed by atoms with Gasteiger partial charge in [-0.15, -0.1) is 0 Å². The highest BCUT2D eigenvalue weighted by Gasteiger charge is 2.13. The Morgan fingerprint density at radius 3 is 2.75 bits per heavy atom. The molecule has 0 atom stereocenters. The molecule has 1 aromatic carbocycles. The van der Waals surface area contributed by atoms with Crippen molar-refractivity contribution in [2.45, 2.75) is 6.92 Å². The number of methoxy groups -OCH3 is 1. The Morgan fingerprint density at radius 1 is 1.40 bits per heavy atom. The van der Waals surface area contributed by atoms with Gasteiger partial charge in [0, 0.05) is 16.7 Å². The molecule has 0 aliphatic heterocycles. The second-order valence-electron chi connectivity index (χ2n) is 4.16. The Bertz CT molecular complexity index is 659. The van der Waals surface area contributed by atoms with E-state index in [1.807, 2.05) is 6.92 Å². The standard InChI is InChI=1S/C14H13BrN2O3/c1-8-5-13(16-7-11(8)15)17-14(19)10-4-3-9(20-2)6-12(10)18/h3-7,18H,1-2H3,(H,16,17,19). The first-order valence-corrected chi connectivity index (χ1v) is 6.61. The van der Waals surface area contributed by atoms with Gasteiger partial charge in [0.2, 0.25) is 0 Å². The lowest BCUT2D eigenvalue weighted by Crippen LogP contribution is -2.13. The summed E-state index contributed by atoms with van der Waals surface area (Å²) in [5, 5.41) is 12.4. The molecule has 0 spiro atoms. The number of carbonyl (C=O) groups is 1. The summed E-state index contributed by atoms with van der Waals surface area (Å²) in [6, 6.07) is 6.22. The number of aromatic hydroxyl groups is 1. The molecule has 2 N–H and O–H groups in total. The van der Waals surface area contributed by atoms with Gasteiger partial charge in [0.1, 0.15) is 17.3 Å². The monoisotopic (exact) mass is 336 g/mol. The number of nitrogens with zero attached hydrogens (tertiary/aromatic N) is 1. The number of aryl methyl sites for hydroxylation is 1. The number of phenolic OH excluding ortho intramolecular Hbond substituents is 1. The number of aromatic nitrogens is 1. The van der Waals surface area contributed by atoms with Crippen LogP contribution < -0.4 is 10.1 Å². The smallest absolute Gasteiger partial charge is 0.260 e. The van der Waals surface area contributed by atoms with E-state index < -0.39 is 5.91 Å². The zero-order valence-corrected chi connectivity index (χ0v) is 12.6. The quantitative estimate of drug-likeness (QED) is 0.903. The molecular formula is C14H13BrN2O3. The number of ether oxygens (including phenoxy) is 1. The van der Waals surface area contributed by atoms with E-state index in [2.05, 4.69) is 26.2 Å². The van der Waals surface area contributed by atoms with E-state index in [0.29, 0.717) is 11.6 Å². The van der Waals surface area contributed by atoms with Crippen LogP contribution in [0.5, 0.6) is 11.5 Å². The lowest BCUT2D eigenvalue weighted by molar-refractivity contribution is 0.102. The van der Waals surface area contributed by atoms with Crippen LogP contribution in [0.2, 0.25) is 0 Å². The third kappa shape index (κ3) is 3.08. The Kier molecular flexibility index (Phi) is 4.24. The fraction of sp³-hybridized carbons (Fsp3) is 0.143. The number of nitrogens with one attached hydrogen (secondary N) is 1. The van der Waals surface area contributed by atoms with Crippen LogP contribution >= 0.6 is 15.9 Å². The van der Waals surface area contributed by atoms with E-state index in [1.165, 1.54) is 19.2 Å². The number of halogens is 1. The molecule has 0 saturated carbocycles. The molecule has 0 saturated heterocycles. The molecule has 5 nitrogen and oxygen atoms in total. The minimum Gasteiger partial charge on any atom is -0.507 e. The van der Waals surface area contributed by atoms with Gasteiger partial charge in [0.25, 0.3) is 5.91 Å². The van der Waals surface area contributed by atoms with Crippen molar-refractivity contribution in [3.8, 4) is 11.5 Å². The van der Waals surface area contributed by atoms with Crippen molar-refractivity contribution in [3.63, 3.8) is 0 Å². The molecular weight excluding hydrogens is 324 g/mol. The van der Waals surface area contributed by atoms with Crippen LogP contribution in [0.3, 0.4) is 0 Å². The van der Waals surface area contributed by atoms with E-state index in [9.17, 15) is 9.90 Å². The summed E-state index contributed by atoms with van der Waals surface area (Å²) in [5.74, 6) is 0.331. The zero-order chi connectivity index (χ0) is 14.7. The van der Waals surface area contributed by atoms with Gasteiger partial charge in [-0.05, 0) is 46.6 Å². The maximum Gasteiger partial charge on any atom is 0.260 e. The fourth-order valence-corrected chi connectivity index (χ4v) is 1.84. The van der Waals surface area contributed by atoms with Crippen molar-refractivity contribution >= 4 is 27.7 Å². The number of hydrogen-bond acceptors (Lipinski definition) is 4. The molecule has 0 aliphatic carbocycles. The van der Waals surface area contributed by atoms with Gasteiger partial charge in [-0.3, -0.25) is 4.79 Å². The van der Waals surface area contributed by atoms with Gasteiger partial charge in [-0.25, -0.2) is 4.98 Å². The normalized spacial score (nSPS) is 10.2. The van der Waals surface area contributed by atoms with Crippen molar-refractivity contribution in [1.29, 1.82) is 0 Å². The molecule has 1 heterocycles. The second kappa shape index (κ2) is 5.92. The minimum absolute atomic E-state index is 0.143. The Labute approximate surface area is 124 Å². The van der Waals surface area contributed by atoms with E-state index in [-0.39, 0.29) is 11.3 Å². The van der Waals surface area contributed by atoms with E-state index in [1.54, 1.807) is 18.3 Å². The van der Waals surface area contributed by atoms with Crippen molar-refractivity contribution in [3.05, 3.63) is 46.1 Å². The molecule has 0 aliphatic rings. The van der Waals surface area contributed by atoms with Crippen LogP contribution in [0.25, 0.3) is 0 Å². The lowest BCUT2D eigenvalue weighted by Gasteiger charge is -2.08. The molecule has 6 heteroatoms. The van der Waals surface area contributed by atoms with Gasteiger partial charge in [-0.1, -0.05) is 0 Å². The third-order valence-electron chi connectivity index (χ3n) is 2.74. The van der Waals surface area contributed by atoms with Crippen LogP contribution in [-0.2, 0) is 0 Å². The average Bonchev–Trinajstić information content (AvgIpc) is 2.42. The van der Waals surface area contributed by atoms with Crippen molar-refractivity contribution < 1.29 is 14.6 Å². The second-order valence-corrected chi connectivity index (χ2v) is 5.01. The molecule has 1 aromatic heterocycles. The predicted molar refractivity (Wildman–Crippen MR) is 79.3 cm³/mol. The molecule has 1 amide bonds. The number of phenols is 1. The Hall–Kier alpha value is -2.08. The lowest BCUT2D eigenvalue weighted by atomic mass is 10.1. The number of anilines is 1. The van der Waals surface area contributed by atoms with Gasteiger partial charge < -0.3 is 15.2 Å². The highest BCUT2D eigenvalue weighted by atomic mass is 79.9. The van der Waals surface area contributed by atoms with E-state index in [4.69, 9.17) is 4.74 Å². The SMILES string of the molecule is COc1ccc(C(=O)Nc2cc(C)c(Br)cn2)c(O)c1. The van der Waals surface area contributed by atoms with Crippen molar-refractivity contribution in [2.24, 2.45) is 0 Å². The third-order valence-corrected chi connectivity index (χ3v) is 3.57. The molecule has 0 unspecified atom stereocenters. The first kappa shape index (κ1) is 14.3. The summed E-state index contributed by atoms with van der Waals surface area (Å²) in [4.78, 5) is 16.1. The van der Waals surface area contributed by atoms with Crippen LogP contribution in [0, 0.1) is 6.92 Å². The van der Waals surface area contributed by atoms with Gasteiger partial charge >= 0.3 is 0 Å². The molecule has 104 valence electrons. The average molecular weight is 337 g/mol. The van der Waals surface area contributed by atoms with E-state index in [0.717, 1.165) is 10.0 Å². The Morgan fingerprint density at radius 2 is 2.15 bits per heavy atom. The van der Waals surface area contributed by atoms with Crippen LogP contribution in [0.1, 0.15) is 15.9 Å². The predicted octanol–water partition coefficient (Wildman–Crippen LogP) is 3.12. The van der Waals surface area contributed by atoms with Crippen molar-refractivity contribution in [2.75, 3.05) is 12.4 Å². The molecule has 0 fully saturated rings. The summed E-state index contributed by atoms with van der Waals surface area (Å²) in [5.41, 5.74) is 1.11. The minimum atomic E-state index is -0.431. The summed E-state index contributed by atoms with van der Waals surface area (Å²) >= 11 is 3.34. The number of carbonyl (C=O) groups excluding carboxylic acids is 1. The number of pyridine rings is 1. The summed E-state index contributed by atoms with van der Waals surface area (Å²) in [6.45, 7) is 1.90. The first-order chi connectivity index (χ1) is 9.51. The molecule has 2 aromatic rings. The maximum absolute atomic E-state index is 12.1. The van der Waals surface area contributed by atoms with Crippen LogP contribution in [0.15, 0.2) is 34.9 Å². The van der Waals surface area contributed by atoms with Crippen LogP contribution in [-0.4, -0.2) is 23.1 Å². The molecule has 0 radical (unpaired) electrons. The topological polar surface area (TPSA) is 71.5 Å². The largest absolute Gasteiger partial charge is 0.507 e.